The molecule has 2 rings (SSSR count). The molecule has 2 aromatic heterocycles. The molecule has 4 nitrogen and oxygen atoms in total. The predicted molar refractivity (Wildman–Crippen MR) is 44.4 cm³/mol. The first kappa shape index (κ1) is 7.50. The first-order valence-corrected chi connectivity index (χ1v) is 3.68. The zero-order valence-electron chi connectivity index (χ0n) is 6.64. The molecular weight excluding hydrogens is 166 g/mol. The molecule has 0 aromatic carbocycles. The Kier molecular flexibility index (Phi) is 1.77. The summed E-state index contributed by atoms with van der Waals surface area (Å²) >= 11 is 0. The Labute approximate surface area is 74.4 Å². The first-order chi connectivity index (χ1) is 6.40. The number of nitriles is 1. The van der Waals surface area contributed by atoms with Crippen molar-refractivity contribution in [1.29, 1.82) is 5.26 Å². The van der Waals surface area contributed by atoms with Crippen LogP contribution in [-0.2, 0) is 0 Å². The van der Waals surface area contributed by atoms with Gasteiger partial charge in [-0.05, 0) is 12.1 Å². The molecule has 0 saturated carbocycles. The Bertz CT molecular complexity index is 441. The molecule has 0 saturated heterocycles. The summed E-state index contributed by atoms with van der Waals surface area (Å²) in [6, 6.07) is 8.89. The van der Waals surface area contributed by atoms with Crippen molar-refractivity contribution in [2.45, 2.75) is 0 Å². The maximum absolute atomic E-state index is 8.49. The van der Waals surface area contributed by atoms with E-state index in [0.717, 1.165) is 0 Å². The fraction of sp³-hybridized carbons (Fsp3) is 0. The Balaban J connectivity index is 2.43. The topological polar surface area (TPSA) is 62.7 Å². The molecule has 0 aliphatic heterocycles. The highest BCUT2D eigenvalue weighted by Gasteiger charge is 2.05. The van der Waals surface area contributed by atoms with E-state index in [0.29, 0.717) is 11.4 Å². The fourth-order valence-electron chi connectivity index (χ4n) is 0.963. The summed E-state index contributed by atoms with van der Waals surface area (Å²) in [5.41, 5.74) is 1.28. The fourth-order valence-corrected chi connectivity index (χ4v) is 0.963. The largest absolute Gasteiger partial charge is 0.345 e. The molecule has 62 valence electrons. The van der Waals surface area contributed by atoms with Crippen LogP contribution in [0, 0.1) is 11.3 Å². The summed E-state index contributed by atoms with van der Waals surface area (Å²) in [5, 5.41) is 12.2. The third kappa shape index (κ3) is 1.40. The van der Waals surface area contributed by atoms with Crippen molar-refractivity contribution in [2.24, 2.45) is 0 Å². The monoisotopic (exact) mass is 171 g/mol. The number of pyridine rings is 1. The van der Waals surface area contributed by atoms with Crippen molar-refractivity contribution < 1.29 is 4.52 Å². The van der Waals surface area contributed by atoms with Crippen molar-refractivity contribution in [3.63, 3.8) is 0 Å². The van der Waals surface area contributed by atoms with Crippen LogP contribution in [0.25, 0.3) is 11.4 Å². The zero-order chi connectivity index (χ0) is 9.10. The van der Waals surface area contributed by atoms with Gasteiger partial charge in [0, 0.05) is 12.3 Å². The molecule has 0 fully saturated rings. The van der Waals surface area contributed by atoms with E-state index in [-0.39, 0.29) is 5.76 Å². The van der Waals surface area contributed by atoms with E-state index in [9.17, 15) is 0 Å². The lowest BCUT2D eigenvalue weighted by molar-refractivity contribution is 0.412. The minimum atomic E-state index is 0.195. The average Bonchev–Trinajstić information content (AvgIpc) is 2.67. The molecular formula is C9H5N3O. The van der Waals surface area contributed by atoms with Gasteiger partial charge in [0.05, 0.1) is 5.69 Å². The van der Waals surface area contributed by atoms with E-state index in [4.69, 9.17) is 9.78 Å². The van der Waals surface area contributed by atoms with Gasteiger partial charge in [0.2, 0.25) is 5.76 Å². The molecule has 13 heavy (non-hydrogen) atoms. The van der Waals surface area contributed by atoms with Gasteiger partial charge in [0.1, 0.15) is 11.8 Å². The van der Waals surface area contributed by atoms with Gasteiger partial charge in [-0.1, -0.05) is 11.2 Å². The summed E-state index contributed by atoms with van der Waals surface area (Å²) in [5.74, 6) is 0.195. The average molecular weight is 171 g/mol. The highest BCUT2D eigenvalue weighted by Crippen LogP contribution is 2.14. The van der Waals surface area contributed by atoms with Crippen LogP contribution in [0.15, 0.2) is 35.0 Å². The third-order valence-corrected chi connectivity index (χ3v) is 1.55. The standard InChI is InChI=1S/C9H5N3O/c10-6-7-5-9(12-13-7)8-3-1-2-4-11-8/h1-5H. The van der Waals surface area contributed by atoms with Crippen LogP contribution in [-0.4, -0.2) is 10.1 Å². The van der Waals surface area contributed by atoms with Crippen LogP contribution in [0.2, 0.25) is 0 Å². The van der Waals surface area contributed by atoms with E-state index in [1.165, 1.54) is 0 Å². The minimum Gasteiger partial charge on any atom is -0.345 e. The molecule has 0 unspecified atom stereocenters. The number of hydrogen-bond acceptors (Lipinski definition) is 4. The first-order valence-electron chi connectivity index (χ1n) is 3.68. The Hall–Kier alpha value is -2.15. The molecule has 0 N–H and O–H groups in total. The minimum absolute atomic E-state index is 0.195. The van der Waals surface area contributed by atoms with Gasteiger partial charge in [-0.3, -0.25) is 4.98 Å². The Morgan fingerprint density at radius 2 is 2.23 bits per heavy atom. The summed E-state index contributed by atoms with van der Waals surface area (Å²) < 4.78 is 4.72. The van der Waals surface area contributed by atoms with Crippen LogP contribution in [0.4, 0.5) is 0 Å². The van der Waals surface area contributed by atoms with E-state index in [2.05, 4.69) is 10.1 Å². The summed E-state index contributed by atoms with van der Waals surface area (Å²) in [7, 11) is 0. The summed E-state index contributed by atoms with van der Waals surface area (Å²) in [6.45, 7) is 0. The van der Waals surface area contributed by atoms with Crippen LogP contribution < -0.4 is 0 Å². The quantitative estimate of drug-likeness (QED) is 0.653. The van der Waals surface area contributed by atoms with Gasteiger partial charge < -0.3 is 4.52 Å². The summed E-state index contributed by atoms with van der Waals surface area (Å²) in [6.07, 6.45) is 1.66. The molecule has 0 bridgehead atoms. The van der Waals surface area contributed by atoms with Gasteiger partial charge in [0.15, 0.2) is 0 Å². The van der Waals surface area contributed by atoms with Gasteiger partial charge in [0.25, 0.3) is 0 Å². The van der Waals surface area contributed by atoms with Gasteiger partial charge in [-0.2, -0.15) is 5.26 Å². The van der Waals surface area contributed by atoms with Crippen molar-refractivity contribution in [3.05, 3.63) is 36.2 Å². The highest BCUT2D eigenvalue weighted by molar-refractivity contribution is 5.54. The van der Waals surface area contributed by atoms with Crippen LogP contribution in [0.5, 0.6) is 0 Å². The molecule has 0 atom stereocenters. The van der Waals surface area contributed by atoms with E-state index >= 15 is 0 Å². The van der Waals surface area contributed by atoms with Gasteiger partial charge >= 0.3 is 0 Å². The molecule has 2 aromatic rings. The van der Waals surface area contributed by atoms with Crippen molar-refractivity contribution >= 4 is 0 Å². The maximum Gasteiger partial charge on any atom is 0.236 e. The lowest BCUT2D eigenvalue weighted by atomic mass is 10.2. The lowest BCUT2D eigenvalue weighted by Gasteiger charge is -1.89. The second kappa shape index (κ2) is 3.07. The van der Waals surface area contributed by atoms with E-state index in [1.807, 2.05) is 18.2 Å². The third-order valence-electron chi connectivity index (χ3n) is 1.55. The molecule has 4 heteroatoms. The molecule has 0 radical (unpaired) electrons. The predicted octanol–water partition coefficient (Wildman–Crippen LogP) is 1.61. The van der Waals surface area contributed by atoms with E-state index in [1.54, 1.807) is 18.3 Å². The van der Waals surface area contributed by atoms with Crippen LogP contribution in [0.3, 0.4) is 0 Å². The van der Waals surface area contributed by atoms with Crippen molar-refractivity contribution in [2.75, 3.05) is 0 Å². The number of nitrogens with zero attached hydrogens (tertiary/aromatic N) is 3. The Morgan fingerprint density at radius 1 is 1.31 bits per heavy atom. The smallest absolute Gasteiger partial charge is 0.236 e. The number of hydrogen-bond donors (Lipinski definition) is 0. The SMILES string of the molecule is N#Cc1cc(-c2ccccn2)no1. The van der Waals surface area contributed by atoms with Crippen molar-refractivity contribution in [3.8, 4) is 17.5 Å². The van der Waals surface area contributed by atoms with E-state index < -0.39 is 0 Å². The normalized spacial score (nSPS) is 9.46. The molecule has 0 spiro atoms. The number of rotatable bonds is 1. The number of aromatic nitrogens is 2. The van der Waals surface area contributed by atoms with Crippen LogP contribution in [0.1, 0.15) is 5.76 Å². The van der Waals surface area contributed by atoms with Crippen molar-refractivity contribution in [1.82, 2.24) is 10.1 Å². The second-order valence-corrected chi connectivity index (χ2v) is 2.40. The van der Waals surface area contributed by atoms with Gasteiger partial charge in [-0.25, -0.2) is 0 Å². The van der Waals surface area contributed by atoms with Crippen LogP contribution >= 0.6 is 0 Å². The Morgan fingerprint density at radius 3 is 2.85 bits per heavy atom. The highest BCUT2D eigenvalue weighted by atomic mass is 16.5. The molecule has 0 aliphatic carbocycles. The second-order valence-electron chi connectivity index (χ2n) is 2.40. The maximum atomic E-state index is 8.49. The summed E-state index contributed by atoms with van der Waals surface area (Å²) in [4.78, 5) is 4.06. The van der Waals surface area contributed by atoms with Gasteiger partial charge in [-0.15, -0.1) is 0 Å². The zero-order valence-corrected chi connectivity index (χ0v) is 6.64. The molecule has 0 amide bonds. The molecule has 0 aliphatic rings. The molecule has 2 heterocycles. The lowest BCUT2D eigenvalue weighted by Crippen LogP contribution is -1.79.